The van der Waals surface area contributed by atoms with Crippen molar-refractivity contribution in [3.8, 4) is 84.3 Å². The smallest absolute Gasteiger partial charge is 0.141 e. The number of aromatic nitrogens is 3. The zero-order chi connectivity index (χ0) is 50.5. The van der Waals surface area contributed by atoms with Crippen LogP contribution in [0.3, 0.4) is 0 Å². The van der Waals surface area contributed by atoms with E-state index in [1.54, 1.807) is 18.2 Å². The molecule has 0 aliphatic heterocycles. The minimum Gasteiger partial charge on any atom is -0.256 e. The lowest BCUT2D eigenvalue weighted by Gasteiger charge is -2.19. The molecule has 338 valence electrons. The minimum atomic E-state index is -2.27. The van der Waals surface area contributed by atoms with E-state index < -0.39 is 12.7 Å². The predicted octanol–water partition coefficient (Wildman–Crippen LogP) is 16.0. The zero-order valence-electron chi connectivity index (χ0n) is 42.1. The van der Waals surface area contributed by atoms with Crippen molar-refractivity contribution >= 4 is 0 Å². The maximum absolute atomic E-state index is 15.0. The third kappa shape index (κ3) is 9.99. The third-order valence-electron chi connectivity index (χ3n) is 13.1. The van der Waals surface area contributed by atoms with Crippen LogP contribution in [0.2, 0.25) is 0 Å². The molecule has 0 unspecified atom stereocenters. The van der Waals surface area contributed by atoms with Gasteiger partial charge in [0.25, 0.3) is 0 Å². The van der Waals surface area contributed by atoms with E-state index in [9.17, 15) is 5.26 Å². The van der Waals surface area contributed by atoms with E-state index in [1.165, 1.54) is 40.6 Å². The largest absolute Gasteiger partial charge is 0.256 e. The van der Waals surface area contributed by atoms with Gasteiger partial charge < -0.3 is 0 Å². The molecule has 0 spiro atoms. The van der Waals surface area contributed by atoms with Gasteiger partial charge in [-0.2, -0.15) is 5.26 Å². The van der Waals surface area contributed by atoms with E-state index in [0.717, 1.165) is 104 Å². The van der Waals surface area contributed by atoms with Gasteiger partial charge in [-0.1, -0.05) is 140 Å². The average Bonchev–Trinajstić information content (AvgIpc) is 3.42. The van der Waals surface area contributed by atoms with Crippen molar-refractivity contribution < 1.29 is 8.50 Å². The van der Waals surface area contributed by atoms with Crippen LogP contribution in [0.15, 0.2) is 207 Å². The molecule has 3 heterocycles. The Balaban J connectivity index is 1.05. The number of halogens is 1. The number of nitriles is 1. The van der Waals surface area contributed by atoms with Crippen molar-refractivity contribution in [1.82, 2.24) is 15.0 Å². The van der Waals surface area contributed by atoms with Crippen molar-refractivity contribution in [2.24, 2.45) is 0 Å². The fourth-order valence-electron chi connectivity index (χ4n) is 9.58. The molecule has 0 atom stereocenters. The van der Waals surface area contributed by atoms with Crippen LogP contribution in [0.25, 0.3) is 78.3 Å². The van der Waals surface area contributed by atoms with Gasteiger partial charge in [-0.3, -0.25) is 15.0 Å². The molecular weight excluding hydrogens is 856 g/mol. The fourth-order valence-corrected chi connectivity index (χ4v) is 9.58. The maximum Gasteiger partial charge on any atom is 0.141 e. The second kappa shape index (κ2) is 20.3. The molecule has 0 aliphatic carbocycles. The van der Waals surface area contributed by atoms with Gasteiger partial charge in [0.1, 0.15) is 11.9 Å². The van der Waals surface area contributed by atoms with Gasteiger partial charge in [0.05, 0.1) is 22.6 Å². The Morgan fingerprint density at radius 2 is 0.971 bits per heavy atom. The van der Waals surface area contributed by atoms with E-state index >= 15 is 4.39 Å². The summed E-state index contributed by atoms with van der Waals surface area (Å²) in [6, 6.07) is 65.7. The van der Waals surface area contributed by atoms with Crippen LogP contribution in [0.5, 0.6) is 0 Å². The summed E-state index contributed by atoms with van der Waals surface area (Å²) in [5.74, 6) is -0.552. The van der Waals surface area contributed by atoms with Crippen LogP contribution in [0, 0.1) is 37.8 Å². The van der Waals surface area contributed by atoms with E-state index in [4.69, 9.17) is 4.11 Å². The summed E-state index contributed by atoms with van der Waals surface area (Å²) < 4.78 is 38.8. The molecule has 0 radical (unpaired) electrons. The van der Waals surface area contributed by atoms with Gasteiger partial charge in [-0.25, -0.2) is 4.39 Å². The molecule has 0 bridgehead atoms. The van der Waals surface area contributed by atoms with Crippen LogP contribution in [-0.2, 0) is 25.7 Å². The van der Waals surface area contributed by atoms with Crippen molar-refractivity contribution in [1.29, 1.82) is 5.26 Å². The Kier molecular flexibility index (Phi) is 12.1. The molecule has 0 saturated carbocycles. The Morgan fingerprint density at radius 3 is 1.51 bits per heavy atom. The number of nitrogens with zero attached hydrogens (tertiary/aromatic N) is 4. The summed E-state index contributed by atoms with van der Waals surface area (Å²) in [5.41, 5.74) is 20.6. The van der Waals surface area contributed by atoms with Gasteiger partial charge in [-0.05, 0) is 178 Å². The van der Waals surface area contributed by atoms with Crippen LogP contribution in [0.1, 0.15) is 48.6 Å². The standard InChI is InChI=1S/C65H51FN4/c1-43-14-31-64(70-42-43)52-29-30-59(60(39-52)55-34-44(2)65(45(3)35-55)53-27-28-54(41-67)61(66)40-53)58-11-5-4-10-57(58)56-37-48(17-15-46-19-23-50(24-20-46)62-12-6-8-32-68-62)36-49(38-56)18-16-47-21-25-51(26-22-47)63-13-7-9-33-69-63/h4-14,19-40,42H,15-18H2,1-3H3/i1D3. The summed E-state index contributed by atoms with van der Waals surface area (Å²) in [7, 11) is 0. The van der Waals surface area contributed by atoms with Gasteiger partial charge >= 0.3 is 0 Å². The van der Waals surface area contributed by atoms with E-state index in [-0.39, 0.29) is 11.1 Å². The Bertz CT molecular complexity index is 3500. The molecule has 10 rings (SSSR count). The molecule has 0 fully saturated rings. The lowest BCUT2D eigenvalue weighted by atomic mass is 9.85. The molecule has 0 saturated heterocycles. The predicted molar refractivity (Wildman–Crippen MR) is 284 cm³/mol. The second-order valence-electron chi connectivity index (χ2n) is 17.9. The highest BCUT2D eigenvalue weighted by molar-refractivity contribution is 5.94. The molecule has 7 aromatic carbocycles. The summed E-state index contributed by atoms with van der Waals surface area (Å²) in [6.07, 6.45) is 8.54. The highest BCUT2D eigenvalue weighted by Gasteiger charge is 2.19. The molecule has 70 heavy (non-hydrogen) atoms. The van der Waals surface area contributed by atoms with E-state index in [2.05, 4.69) is 136 Å². The summed E-state index contributed by atoms with van der Waals surface area (Å²) in [6.45, 7) is 1.80. The van der Waals surface area contributed by atoms with Crippen molar-refractivity contribution in [2.45, 2.75) is 46.4 Å². The summed E-state index contributed by atoms with van der Waals surface area (Å²) >= 11 is 0. The fraction of sp³-hybridized carbons (Fsp3) is 0.108. The lowest BCUT2D eigenvalue weighted by Crippen LogP contribution is -1.98. The first-order valence-electron chi connectivity index (χ1n) is 25.1. The second-order valence-corrected chi connectivity index (χ2v) is 17.9. The molecule has 10 aromatic rings. The topological polar surface area (TPSA) is 62.5 Å². The molecule has 0 N–H and O–H groups in total. The zero-order valence-corrected chi connectivity index (χ0v) is 39.1. The van der Waals surface area contributed by atoms with E-state index in [0.29, 0.717) is 11.3 Å². The number of aryl methyl sites for hydroxylation is 7. The number of hydrogen-bond donors (Lipinski definition) is 0. The van der Waals surface area contributed by atoms with Gasteiger partial charge in [0, 0.05) is 39.4 Å². The van der Waals surface area contributed by atoms with Crippen LogP contribution >= 0.6 is 0 Å². The molecule has 4 nitrogen and oxygen atoms in total. The molecular formula is C65H51FN4. The first-order chi connectivity index (χ1) is 35.5. The van der Waals surface area contributed by atoms with Gasteiger partial charge in [0.15, 0.2) is 0 Å². The molecule has 5 heteroatoms. The molecule has 3 aromatic heterocycles. The van der Waals surface area contributed by atoms with E-state index in [1.807, 2.05) is 68.7 Å². The van der Waals surface area contributed by atoms with Gasteiger partial charge in [0.2, 0.25) is 0 Å². The van der Waals surface area contributed by atoms with Crippen LogP contribution in [0.4, 0.5) is 4.39 Å². The normalized spacial score (nSPS) is 11.9. The minimum absolute atomic E-state index is 0.00697. The average molecular weight is 910 g/mol. The monoisotopic (exact) mass is 909 g/mol. The van der Waals surface area contributed by atoms with Crippen molar-refractivity contribution in [3.63, 3.8) is 0 Å². The quantitative estimate of drug-likeness (QED) is 0.116. The highest BCUT2D eigenvalue weighted by atomic mass is 19.1. The Morgan fingerprint density at radius 1 is 0.443 bits per heavy atom. The Hall–Kier alpha value is -8.59. The lowest BCUT2D eigenvalue weighted by molar-refractivity contribution is 0.624. The number of benzene rings is 7. The van der Waals surface area contributed by atoms with Gasteiger partial charge in [-0.15, -0.1) is 0 Å². The maximum atomic E-state index is 15.0. The van der Waals surface area contributed by atoms with Crippen LogP contribution < -0.4 is 0 Å². The molecule has 0 aliphatic rings. The van der Waals surface area contributed by atoms with Crippen molar-refractivity contribution in [2.75, 3.05) is 0 Å². The molecule has 0 amide bonds. The Labute approximate surface area is 414 Å². The highest BCUT2D eigenvalue weighted by Crippen LogP contribution is 2.43. The SMILES string of the molecule is [2H]C([2H])([2H])c1ccc(-c2ccc(-c3ccccc3-c3cc(CCc4ccc(-c5ccccn5)cc4)cc(CCc4ccc(-c5ccccn5)cc4)c3)c(-c3cc(C)c(-c4ccc(C#N)c(F)c4)c(C)c3)c2)nc1. The number of hydrogen-bond acceptors (Lipinski definition) is 4. The summed E-state index contributed by atoms with van der Waals surface area (Å²) in [4.78, 5) is 13.7. The first-order valence-corrected chi connectivity index (χ1v) is 23.6. The number of pyridine rings is 3. The first kappa shape index (κ1) is 41.6. The van der Waals surface area contributed by atoms with Crippen molar-refractivity contribution in [3.05, 3.63) is 257 Å². The third-order valence-corrected chi connectivity index (χ3v) is 13.1. The number of rotatable bonds is 13. The van der Waals surface area contributed by atoms with Crippen LogP contribution in [-0.4, -0.2) is 15.0 Å². The summed E-state index contributed by atoms with van der Waals surface area (Å²) in [5, 5.41) is 9.43.